The van der Waals surface area contributed by atoms with Crippen LogP contribution in [-0.2, 0) is 4.74 Å². The van der Waals surface area contributed by atoms with Crippen LogP contribution in [0.5, 0.6) is 0 Å². The van der Waals surface area contributed by atoms with Gasteiger partial charge in [-0.2, -0.15) is 0 Å². The number of carbonyl (C=O) groups is 1. The molecule has 0 spiro atoms. The first-order valence-electron chi connectivity index (χ1n) is 4.80. The molecule has 0 bridgehead atoms. The molecule has 0 aliphatic carbocycles. The van der Waals surface area contributed by atoms with E-state index in [-0.39, 0.29) is 5.97 Å². The van der Waals surface area contributed by atoms with E-state index in [1.54, 1.807) is 25.1 Å². The Balaban J connectivity index is 2.46. The molecule has 2 rings (SSSR count). The van der Waals surface area contributed by atoms with Crippen molar-refractivity contribution >= 4 is 28.6 Å². The van der Waals surface area contributed by atoms with E-state index in [0.717, 1.165) is 0 Å². The number of halogens is 1. The minimum absolute atomic E-state index is 0.300. The Bertz CT molecular complexity index is 542. The summed E-state index contributed by atoms with van der Waals surface area (Å²) in [7, 11) is 0. The smallest absolute Gasteiger partial charge is 0.338 e. The number of carbonyl (C=O) groups excluding carboxylic acids is 1. The highest BCUT2D eigenvalue weighted by molar-refractivity contribution is 6.29. The zero-order chi connectivity index (χ0) is 11.5. The lowest BCUT2D eigenvalue weighted by Gasteiger charge is -2.02. The van der Waals surface area contributed by atoms with E-state index in [1.165, 1.54) is 6.20 Å². The van der Waals surface area contributed by atoms with E-state index in [1.807, 2.05) is 0 Å². The van der Waals surface area contributed by atoms with E-state index in [2.05, 4.69) is 9.97 Å². The molecule has 0 aliphatic rings. The van der Waals surface area contributed by atoms with E-state index in [9.17, 15) is 4.79 Å². The molecule has 0 radical (unpaired) electrons. The molecule has 4 nitrogen and oxygen atoms in total. The SMILES string of the molecule is CCOC(=O)c1ccc2ncc(Cl)nc2c1. The highest BCUT2D eigenvalue weighted by atomic mass is 35.5. The number of rotatable bonds is 2. The van der Waals surface area contributed by atoms with Gasteiger partial charge in [-0.25, -0.2) is 9.78 Å². The van der Waals surface area contributed by atoms with Crippen LogP contribution in [0.3, 0.4) is 0 Å². The van der Waals surface area contributed by atoms with Crippen molar-refractivity contribution in [3.8, 4) is 0 Å². The molecule has 1 aromatic carbocycles. The maximum atomic E-state index is 11.5. The fourth-order valence-corrected chi connectivity index (χ4v) is 1.47. The van der Waals surface area contributed by atoms with Gasteiger partial charge in [0.05, 0.1) is 29.4 Å². The van der Waals surface area contributed by atoms with Gasteiger partial charge in [0, 0.05) is 0 Å². The first-order valence-corrected chi connectivity index (χ1v) is 5.18. The van der Waals surface area contributed by atoms with Crippen LogP contribution in [0.15, 0.2) is 24.4 Å². The number of ether oxygens (including phenoxy) is 1. The molecule has 82 valence electrons. The second-order valence-corrected chi connectivity index (χ2v) is 3.50. The number of aromatic nitrogens is 2. The molecule has 0 amide bonds. The molecule has 0 atom stereocenters. The topological polar surface area (TPSA) is 52.1 Å². The Kier molecular flexibility index (Phi) is 3.01. The Hall–Kier alpha value is -1.68. The quantitative estimate of drug-likeness (QED) is 0.752. The molecule has 0 saturated carbocycles. The number of hydrogen-bond acceptors (Lipinski definition) is 4. The Labute approximate surface area is 97.2 Å². The summed E-state index contributed by atoms with van der Waals surface area (Å²) in [5, 5.41) is 0.300. The molecule has 2 aromatic rings. The summed E-state index contributed by atoms with van der Waals surface area (Å²) in [6.45, 7) is 2.10. The molecule has 0 fully saturated rings. The Morgan fingerprint density at radius 3 is 3.00 bits per heavy atom. The molecule has 5 heteroatoms. The van der Waals surface area contributed by atoms with Crippen LogP contribution < -0.4 is 0 Å². The summed E-state index contributed by atoms with van der Waals surface area (Å²) >= 11 is 5.72. The summed E-state index contributed by atoms with van der Waals surface area (Å²) in [6, 6.07) is 4.99. The van der Waals surface area contributed by atoms with Crippen LogP contribution in [0.1, 0.15) is 17.3 Å². The molecule has 0 aliphatic heterocycles. The predicted octanol–water partition coefficient (Wildman–Crippen LogP) is 2.46. The van der Waals surface area contributed by atoms with E-state index in [0.29, 0.717) is 28.4 Å². The lowest BCUT2D eigenvalue weighted by molar-refractivity contribution is 0.0526. The highest BCUT2D eigenvalue weighted by Crippen LogP contribution is 2.15. The molecule has 1 heterocycles. The number of nitrogens with zero attached hydrogens (tertiary/aromatic N) is 2. The summed E-state index contributed by atoms with van der Waals surface area (Å²) in [6.07, 6.45) is 1.47. The van der Waals surface area contributed by atoms with Gasteiger partial charge in [-0.05, 0) is 25.1 Å². The minimum Gasteiger partial charge on any atom is -0.462 e. The molecular weight excluding hydrogens is 228 g/mol. The number of fused-ring (bicyclic) bond motifs is 1. The average molecular weight is 237 g/mol. The van der Waals surface area contributed by atoms with Gasteiger partial charge in [-0.15, -0.1) is 0 Å². The molecule has 0 unspecified atom stereocenters. The van der Waals surface area contributed by atoms with Crippen molar-refractivity contribution in [3.63, 3.8) is 0 Å². The third kappa shape index (κ3) is 2.12. The van der Waals surface area contributed by atoms with Gasteiger partial charge in [-0.1, -0.05) is 11.6 Å². The second kappa shape index (κ2) is 4.45. The standard InChI is InChI=1S/C11H9ClN2O2/c1-2-16-11(15)7-3-4-8-9(5-7)14-10(12)6-13-8/h3-6H,2H2,1H3. The monoisotopic (exact) mass is 236 g/mol. The van der Waals surface area contributed by atoms with Gasteiger partial charge >= 0.3 is 5.97 Å². The van der Waals surface area contributed by atoms with Crippen LogP contribution in [0, 0.1) is 0 Å². The summed E-state index contributed by atoms with van der Waals surface area (Å²) in [5.74, 6) is -0.369. The van der Waals surface area contributed by atoms with Crippen molar-refractivity contribution in [2.45, 2.75) is 6.92 Å². The van der Waals surface area contributed by atoms with Gasteiger partial charge in [0.1, 0.15) is 5.15 Å². The molecule has 0 saturated heterocycles. The van der Waals surface area contributed by atoms with Crippen molar-refractivity contribution < 1.29 is 9.53 Å². The largest absolute Gasteiger partial charge is 0.462 e. The third-order valence-corrected chi connectivity index (χ3v) is 2.21. The van der Waals surface area contributed by atoms with E-state index >= 15 is 0 Å². The minimum atomic E-state index is -0.369. The van der Waals surface area contributed by atoms with Gasteiger partial charge in [-0.3, -0.25) is 4.98 Å². The zero-order valence-corrected chi connectivity index (χ0v) is 9.36. The van der Waals surface area contributed by atoms with Crippen LogP contribution in [-0.4, -0.2) is 22.5 Å². The van der Waals surface area contributed by atoms with Crippen molar-refractivity contribution in [1.29, 1.82) is 0 Å². The predicted molar refractivity (Wildman–Crippen MR) is 60.5 cm³/mol. The lowest BCUT2D eigenvalue weighted by atomic mass is 10.2. The third-order valence-electron chi connectivity index (χ3n) is 2.02. The van der Waals surface area contributed by atoms with E-state index < -0.39 is 0 Å². The zero-order valence-electron chi connectivity index (χ0n) is 8.61. The number of esters is 1. The maximum Gasteiger partial charge on any atom is 0.338 e. The van der Waals surface area contributed by atoms with Crippen LogP contribution in [0.25, 0.3) is 11.0 Å². The van der Waals surface area contributed by atoms with Gasteiger partial charge in [0.2, 0.25) is 0 Å². The normalized spacial score (nSPS) is 10.4. The average Bonchev–Trinajstić information content (AvgIpc) is 2.28. The van der Waals surface area contributed by atoms with Gasteiger partial charge in [0.15, 0.2) is 0 Å². The fourth-order valence-electron chi connectivity index (χ4n) is 1.33. The van der Waals surface area contributed by atoms with Crippen LogP contribution in [0.4, 0.5) is 0 Å². The first kappa shape index (κ1) is 10.8. The summed E-state index contributed by atoms with van der Waals surface area (Å²) in [5.41, 5.74) is 1.72. The highest BCUT2D eigenvalue weighted by Gasteiger charge is 2.08. The van der Waals surface area contributed by atoms with Gasteiger partial charge in [0.25, 0.3) is 0 Å². The molecule has 0 N–H and O–H groups in total. The summed E-state index contributed by atoms with van der Waals surface area (Å²) in [4.78, 5) is 19.6. The fraction of sp³-hybridized carbons (Fsp3) is 0.182. The number of hydrogen-bond donors (Lipinski definition) is 0. The number of benzene rings is 1. The first-order chi connectivity index (χ1) is 7.70. The molecular formula is C11H9ClN2O2. The van der Waals surface area contributed by atoms with Crippen molar-refractivity contribution in [1.82, 2.24) is 9.97 Å². The Morgan fingerprint density at radius 1 is 1.44 bits per heavy atom. The van der Waals surface area contributed by atoms with Gasteiger partial charge < -0.3 is 4.74 Å². The van der Waals surface area contributed by atoms with Crippen molar-refractivity contribution in [2.24, 2.45) is 0 Å². The lowest BCUT2D eigenvalue weighted by Crippen LogP contribution is -2.04. The maximum absolute atomic E-state index is 11.5. The van der Waals surface area contributed by atoms with Crippen molar-refractivity contribution in [3.05, 3.63) is 35.1 Å². The molecule has 16 heavy (non-hydrogen) atoms. The van der Waals surface area contributed by atoms with Crippen molar-refractivity contribution in [2.75, 3.05) is 6.61 Å². The van der Waals surface area contributed by atoms with E-state index in [4.69, 9.17) is 16.3 Å². The van der Waals surface area contributed by atoms with Crippen LogP contribution >= 0.6 is 11.6 Å². The Morgan fingerprint density at radius 2 is 2.25 bits per heavy atom. The van der Waals surface area contributed by atoms with Crippen LogP contribution in [0.2, 0.25) is 5.15 Å². The second-order valence-electron chi connectivity index (χ2n) is 3.12. The molecule has 1 aromatic heterocycles. The summed E-state index contributed by atoms with van der Waals surface area (Å²) < 4.78 is 4.89.